The van der Waals surface area contributed by atoms with Crippen LogP contribution in [0.1, 0.15) is 68.2 Å². The lowest BCUT2D eigenvalue weighted by Crippen LogP contribution is -2.46. The highest BCUT2D eigenvalue weighted by atomic mass is 35.5. The third-order valence-corrected chi connectivity index (χ3v) is 7.76. The van der Waals surface area contributed by atoms with Crippen LogP contribution in [0, 0.1) is 18.6 Å². The smallest absolute Gasteiger partial charge is 0.303 e. The lowest BCUT2D eigenvalue weighted by molar-refractivity contribution is -0.164. The molecule has 3 aromatic rings. The zero-order valence-electron chi connectivity index (χ0n) is 23.7. The summed E-state index contributed by atoms with van der Waals surface area (Å²) in [6.07, 6.45) is 2.81. The maximum Gasteiger partial charge on any atom is 0.303 e. The average molecular weight is 570 g/mol. The van der Waals surface area contributed by atoms with Crippen LogP contribution >= 0.6 is 11.6 Å². The van der Waals surface area contributed by atoms with Crippen molar-refractivity contribution in [3.8, 4) is 0 Å². The number of ketones is 1. The largest absolute Gasteiger partial charge is 0.454 e. The summed E-state index contributed by atoms with van der Waals surface area (Å²) in [6.45, 7) is 8.98. The molecule has 1 heterocycles. The van der Waals surface area contributed by atoms with E-state index in [2.05, 4.69) is 11.8 Å². The number of aryl methyl sites for hydroxylation is 2. The van der Waals surface area contributed by atoms with Crippen molar-refractivity contribution in [1.29, 1.82) is 0 Å². The second kappa shape index (κ2) is 14.5. The number of carbonyl (C=O) groups excluding carboxylic acids is 2. The van der Waals surface area contributed by atoms with Crippen molar-refractivity contribution in [2.24, 2.45) is 0 Å². The van der Waals surface area contributed by atoms with Crippen molar-refractivity contribution >= 4 is 23.4 Å². The second-order valence-electron chi connectivity index (χ2n) is 10.4. The van der Waals surface area contributed by atoms with E-state index in [0.29, 0.717) is 38.9 Å². The molecule has 4 rings (SSSR count). The van der Waals surface area contributed by atoms with Crippen LogP contribution in [0.15, 0.2) is 66.7 Å². The molecule has 0 bridgehead atoms. The summed E-state index contributed by atoms with van der Waals surface area (Å²) in [6, 6.07) is 18.6. The van der Waals surface area contributed by atoms with Gasteiger partial charge in [-0.25, -0.2) is 8.78 Å². The van der Waals surface area contributed by atoms with Crippen molar-refractivity contribution in [1.82, 2.24) is 4.90 Å². The summed E-state index contributed by atoms with van der Waals surface area (Å²) in [5.41, 5.74) is 2.92. The maximum atomic E-state index is 14.0. The lowest BCUT2D eigenvalue weighted by atomic mass is 9.81. The number of esters is 1. The first-order valence-electron chi connectivity index (χ1n) is 13.7. The Morgan fingerprint density at radius 1 is 0.950 bits per heavy atom. The van der Waals surface area contributed by atoms with Crippen LogP contribution in [0.3, 0.4) is 0 Å². The van der Waals surface area contributed by atoms with E-state index in [1.165, 1.54) is 36.8 Å². The van der Waals surface area contributed by atoms with Gasteiger partial charge < -0.3 is 9.64 Å². The molecule has 214 valence electrons. The van der Waals surface area contributed by atoms with Gasteiger partial charge in [-0.1, -0.05) is 48.9 Å². The number of rotatable bonds is 8. The zero-order chi connectivity index (χ0) is 29.3. The van der Waals surface area contributed by atoms with Gasteiger partial charge in [0.1, 0.15) is 23.0 Å². The number of ether oxygens (including phenoxy) is 1. The van der Waals surface area contributed by atoms with E-state index in [1.54, 1.807) is 25.1 Å². The Morgan fingerprint density at radius 2 is 1.55 bits per heavy atom. The molecule has 0 N–H and O–H groups in total. The number of halogens is 3. The molecule has 1 fully saturated rings. The van der Waals surface area contributed by atoms with Crippen LogP contribution in [0.2, 0.25) is 5.02 Å². The summed E-state index contributed by atoms with van der Waals surface area (Å²) in [4.78, 5) is 26.3. The molecule has 0 aliphatic carbocycles. The van der Waals surface area contributed by atoms with Gasteiger partial charge in [0.15, 0.2) is 0 Å². The van der Waals surface area contributed by atoms with E-state index in [4.69, 9.17) is 16.3 Å². The molecule has 4 nitrogen and oxygen atoms in total. The van der Waals surface area contributed by atoms with Gasteiger partial charge in [0, 0.05) is 49.4 Å². The van der Waals surface area contributed by atoms with E-state index in [9.17, 15) is 18.4 Å². The Kier molecular flexibility index (Phi) is 11.4. The van der Waals surface area contributed by atoms with E-state index in [0.717, 1.165) is 28.1 Å². The number of piperidine rings is 1. The maximum absolute atomic E-state index is 14.0. The third kappa shape index (κ3) is 8.70. The molecule has 0 saturated carbocycles. The van der Waals surface area contributed by atoms with Crippen molar-refractivity contribution in [3.63, 3.8) is 0 Å². The van der Waals surface area contributed by atoms with Gasteiger partial charge in [-0.3, -0.25) is 9.59 Å². The van der Waals surface area contributed by atoms with Gasteiger partial charge in [-0.05, 0) is 86.3 Å². The first-order chi connectivity index (χ1) is 19.0. The van der Waals surface area contributed by atoms with Crippen molar-refractivity contribution in [3.05, 3.63) is 106 Å². The zero-order valence-corrected chi connectivity index (χ0v) is 24.4. The molecule has 0 aromatic heterocycles. The molecular weight excluding hydrogens is 532 g/mol. The average Bonchev–Trinajstić information content (AvgIpc) is 2.92. The summed E-state index contributed by atoms with van der Waals surface area (Å²) in [5.74, 6) is -1.29. The molecule has 7 heteroatoms. The highest BCUT2D eigenvalue weighted by Crippen LogP contribution is 2.39. The van der Waals surface area contributed by atoms with Crippen LogP contribution in [-0.4, -0.2) is 36.3 Å². The SMILES string of the molecule is CC(=O)OC1(c2cc(F)ccc2C)CCN(CCC(C(C)=O)c2ccc(F)cc2)CC1.CCc1ccc(Cl)cc1. The fourth-order valence-electron chi connectivity index (χ4n) is 5.26. The molecule has 1 aliphatic heterocycles. The minimum atomic E-state index is -0.842. The van der Waals surface area contributed by atoms with Crippen molar-refractivity contribution < 1.29 is 23.1 Å². The Labute approximate surface area is 241 Å². The molecule has 0 radical (unpaired) electrons. The van der Waals surface area contributed by atoms with Gasteiger partial charge in [-0.15, -0.1) is 0 Å². The molecule has 1 aliphatic rings. The van der Waals surface area contributed by atoms with E-state index >= 15 is 0 Å². The van der Waals surface area contributed by atoms with Gasteiger partial charge >= 0.3 is 5.97 Å². The molecular formula is C33H38ClF2NO3. The highest BCUT2D eigenvalue weighted by molar-refractivity contribution is 6.30. The molecule has 1 unspecified atom stereocenters. The van der Waals surface area contributed by atoms with Gasteiger partial charge in [0.05, 0.1) is 0 Å². The molecule has 1 atom stereocenters. The highest BCUT2D eigenvalue weighted by Gasteiger charge is 2.40. The molecule has 0 amide bonds. The fraction of sp³-hybridized carbons (Fsp3) is 0.394. The number of carbonyl (C=O) groups is 2. The standard InChI is InChI=1S/C25H29F2NO3.C8H9Cl/c1-17-4-7-22(27)16-24(17)25(31-19(3)30)11-14-28(15-12-25)13-10-23(18(2)29)20-5-8-21(26)9-6-20;1-2-7-3-5-8(9)6-4-7/h4-9,16,23H,10-15H2,1-3H3;3-6H,2H2,1H3. The summed E-state index contributed by atoms with van der Waals surface area (Å²) >= 11 is 5.67. The van der Waals surface area contributed by atoms with Crippen molar-refractivity contribution in [2.75, 3.05) is 19.6 Å². The van der Waals surface area contributed by atoms with E-state index in [-0.39, 0.29) is 29.3 Å². The number of nitrogens with zero attached hydrogens (tertiary/aromatic N) is 1. The number of likely N-dealkylation sites (tertiary alicyclic amines) is 1. The molecule has 3 aromatic carbocycles. The minimum absolute atomic E-state index is 0.0493. The van der Waals surface area contributed by atoms with E-state index < -0.39 is 5.60 Å². The van der Waals surface area contributed by atoms with Crippen LogP contribution in [0.25, 0.3) is 0 Å². The first-order valence-corrected chi connectivity index (χ1v) is 14.1. The van der Waals surface area contributed by atoms with Crippen LogP contribution in [0.5, 0.6) is 0 Å². The minimum Gasteiger partial charge on any atom is -0.454 e. The van der Waals surface area contributed by atoms with E-state index in [1.807, 2.05) is 31.2 Å². The predicted molar refractivity (Wildman–Crippen MR) is 156 cm³/mol. The molecule has 40 heavy (non-hydrogen) atoms. The summed E-state index contributed by atoms with van der Waals surface area (Å²) < 4.78 is 33.0. The van der Waals surface area contributed by atoms with Crippen LogP contribution in [-0.2, 0) is 26.3 Å². The van der Waals surface area contributed by atoms with Gasteiger partial charge in [0.25, 0.3) is 0 Å². The predicted octanol–water partition coefficient (Wildman–Crippen LogP) is 7.79. The van der Waals surface area contributed by atoms with Gasteiger partial charge in [-0.2, -0.15) is 0 Å². The Balaban J connectivity index is 0.000000415. The number of benzene rings is 3. The number of hydrogen-bond acceptors (Lipinski definition) is 4. The van der Waals surface area contributed by atoms with Crippen LogP contribution < -0.4 is 0 Å². The summed E-state index contributed by atoms with van der Waals surface area (Å²) in [5, 5.41) is 0.812. The first kappa shape index (κ1) is 31.4. The Bertz CT molecular complexity index is 1270. The Morgan fingerprint density at radius 3 is 2.10 bits per heavy atom. The normalized spacial score (nSPS) is 15.5. The molecule has 0 spiro atoms. The monoisotopic (exact) mass is 569 g/mol. The number of Topliss-reactive ketones (excluding diaryl/α,β-unsaturated/α-hetero) is 1. The quantitative estimate of drug-likeness (QED) is 0.260. The fourth-order valence-corrected chi connectivity index (χ4v) is 5.38. The molecule has 1 saturated heterocycles. The Hall–Kier alpha value is -3.09. The third-order valence-electron chi connectivity index (χ3n) is 7.51. The van der Waals surface area contributed by atoms with Crippen molar-refractivity contribution in [2.45, 2.75) is 64.9 Å². The lowest BCUT2D eigenvalue weighted by Gasteiger charge is -2.42. The number of hydrogen-bond donors (Lipinski definition) is 0. The summed E-state index contributed by atoms with van der Waals surface area (Å²) in [7, 11) is 0. The van der Waals surface area contributed by atoms with Crippen LogP contribution in [0.4, 0.5) is 8.78 Å². The topological polar surface area (TPSA) is 46.6 Å². The second-order valence-corrected chi connectivity index (χ2v) is 10.8. The van der Waals surface area contributed by atoms with Gasteiger partial charge in [0.2, 0.25) is 0 Å².